The number of benzene rings is 1. The molecule has 0 aliphatic rings. The second-order valence-corrected chi connectivity index (χ2v) is 4.49. The van der Waals surface area contributed by atoms with Gasteiger partial charge in [0.15, 0.2) is 0 Å². The van der Waals surface area contributed by atoms with E-state index in [9.17, 15) is 4.79 Å². The van der Waals surface area contributed by atoms with Gasteiger partial charge in [0.2, 0.25) is 0 Å². The first-order chi connectivity index (χ1) is 9.31. The molecule has 0 radical (unpaired) electrons. The molecule has 1 heterocycles. The first-order valence-electron chi connectivity index (χ1n) is 6.75. The van der Waals surface area contributed by atoms with E-state index in [0.29, 0.717) is 18.8 Å². The van der Waals surface area contributed by atoms with E-state index < -0.39 is 0 Å². The minimum Gasteiger partial charge on any atom is -0.381 e. The van der Waals surface area contributed by atoms with Crippen LogP contribution in [-0.2, 0) is 4.74 Å². The third-order valence-corrected chi connectivity index (χ3v) is 2.87. The van der Waals surface area contributed by atoms with Gasteiger partial charge in [-0.3, -0.25) is 4.79 Å². The van der Waals surface area contributed by atoms with Crippen LogP contribution in [0, 0.1) is 0 Å². The lowest BCUT2D eigenvalue weighted by Gasteiger charge is -2.04. The molecule has 102 valence electrons. The van der Waals surface area contributed by atoms with Gasteiger partial charge in [0, 0.05) is 30.7 Å². The van der Waals surface area contributed by atoms with Crippen LogP contribution >= 0.6 is 0 Å². The number of hydrogen-bond acceptors (Lipinski definition) is 2. The quantitative estimate of drug-likeness (QED) is 0.752. The Labute approximate surface area is 113 Å². The molecular weight excluding hydrogens is 240 g/mol. The molecule has 1 aromatic heterocycles. The summed E-state index contributed by atoms with van der Waals surface area (Å²) in [6.07, 6.45) is 1.87. The van der Waals surface area contributed by atoms with Crippen LogP contribution in [0.3, 0.4) is 0 Å². The molecule has 0 aliphatic heterocycles. The molecule has 19 heavy (non-hydrogen) atoms. The van der Waals surface area contributed by atoms with Crippen LogP contribution in [0.4, 0.5) is 0 Å². The average molecular weight is 260 g/mol. The number of carbonyl (C=O) groups is 1. The van der Waals surface area contributed by atoms with Crippen molar-refractivity contribution in [2.75, 3.05) is 19.8 Å². The maximum Gasteiger partial charge on any atom is 0.267 e. The van der Waals surface area contributed by atoms with Gasteiger partial charge < -0.3 is 15.0 Å². The summed E-state index contributed by atoms with van der Waals surface area (Å²) in [5.41, 5.74) is 1.59. The highest BCUT2D eigenvalue weighted by molar-refractivity contribution is 5.97. The third-order valence-electron chi connectivity index (χ3n) is 2.87. The van der Waals surface area contributed by atoms with Gasteiger partial charge in [0.05, 0.1) is 0 Å². The van der Waals surface area contributed by atoms with Gasteiger partial charge >= 0.3 is 0 Å². The number of H-pyrrole nitrogens is 1. The molecule has 0 fully saturated rings. The maximum absolute atomic E-state index is 11.9. The number of fused-ring (bicyclic) bond motifs is 1. The molecule has 0 unspecified atom stereocenters. The molecule has 0 saturated carbocycles. The van der Waals surface area contributed by atoms with E-state index >= 15 is 0 Å². The van der Waals surface area contributed by atoms with E-state index in [1.807, 2.05) is 30.3 Å². The highest BCUT2D eigenvalue weighted by atomic mass is 16.5. The zero-order valence-electron chi connectivity index (χ0n) is 11.2. The number of amides is 1. The van der Waals surface area contributed by atoms with Gasteiger partial charge in [0.25, 0.3) is 5.91 Å². The van der Waals surface area contributed by atoms with Crippen LogP contribution in [0.15, 0.2) is 30.3 Å². The van der Waals surface area contributed by atoms with Crippen molar-refractivity contribution in [2.24, 2.45) is 0 Å². The number of carbonyl (C=O) groups excluding carboxylic acids is 1. The fourth-order valence-corrected chi connectivity index (χ4v) is 1.91. The molecule has 4 nitrogen and oxygen atoms in total. The first kappa shape index (κ1) is 13.6. The van der Waals surface area contributed by atoms with Gasteiger partial charge in [-0.05, 0) is 25.0 Å². The zero-order chi connectivity index (χ0) is 13.5. The van der Waals surface area contributed by atoms with Gasteiger partial charge in [-0.25, -0.2) is 0 Å². The lowest BCUT2D eigenvalue weighted by Crippen LogP contribution is -2.25. The number of hydrogen-bond donors (Lipinski definition) is 2. The van der Waals surface area contributed by atoms with E-state index in [-0.39, 0.29) is 5.91 Å². The predicted molar refractivity (Wildman–Crippen MR) is 76.4 cm³/mol. The summed E-state index contributed by atoms with van der Waals surface area (Å²) >= 11 is 0. The first-order valence-corrected chi connectivity index (χ1v) is 6.75. The Kier molecular flexibility index (Phi) is 4.98. The molecule has 0 spiro atoms. The second kappa shape index (κ2) is 6.95. The fourth-order valence-electron chi connectivity index (χ4n) is 1.91. The van der Waals surface area contributed by atoms with E-state index in [2.05, 4.69) is 17.2 Å². The Morgan fingerprint density at radius 2 is 2.16 bits per heavy atom. The highest BCUT2D eigenvalue weighted by Crippen LogP contribution is 2.14. The molecule has 2 N–H and O–H groups in total. The number of aromatic nitrogens is 1. The Hall–Kier alpha value is -1.81. The lowest BCUT2D eigenvalue weighted by atomic mass is 10.2. The summed E-state index contributed by atoms with van der Waals surface area (Å²) in [5.74, 6) is -0.0632. The lowest BCUT2D eigenvalue weighted by molar-refractivity contribution is 0.0937. The zero-order valence-corrected chi connectivity index (χ0v) is 11.2. The minimum atomic E-state index is -0.0632. The van der Waals surface area contributed by atoms with E-state index in [4.69, 9.17) is 4.74 Å². The van der Waals surface area contributed by atoms with E-state index in [0.717, 1.165) is 30.4 Å². The van der Waals surface area contributed by atoms with Crippen molar-refractivity contribution in [3.05, 3.63) is 36.0 Å². The molecule has 1 aromatic carbocycles. The molecule has 2 aromatic rings. The largest absolute Gasteiger partial charge is 0.381 e. The number of ether oxygens (including phenoxy) is 1. The van der Waals surface area contributed by atoms with Crippen LogP contribution in [0.25, 0.3) is 10.9 Å². The molecule has 0 saturated heterocycles. The van der Waals surface area contributed by atoms with Crippen molar-refractivity contribution in [3.63, 3.8) is 0 Å². The number of para-hydroxylation sites is 1. The Morgan fingerprint density at radius 3 is 2.95 bits per heavy atom. The predicted octanol–water partition coefficient (Wildman–Crippen LogP) is 2.71. The molecule has 4 heteroatoms. The molecular formula is C15H20N2O2. The smallest absolute Gasteiger partial charge is 0.267 e. The highest BCUT2D eigenvalue weighted by Gasteiger charge is 2.07. The van der Waals surface area contributed by atoms with Crippen molar-refractivity contribution < 1.29 is 9.53 Å². The van der Waals surface area contributed by atoms with Crippen molar-refractivity contribution in [1.82, 2.24) is 10.3 Å². The molecule has 2 rings (SSSR count). The standard InChI is InChI=1S/C15H20N2O2/c1-2-9-19-10-5-8-16-15(18)14-11-12-6-3-4-7-13(12)17-14/h3-4,6-7,11,17H,2,5,8-10H2,1H3,(H,16,18). The topological polar surface area (TPSA) is 54.1 Å². The summed E-state index contributed by atoms with van der Waals surface area (Å²) in [6, 6.07) is 9.73. The Balaban J connectivity index is 1.79. The Morgan fingerprint density at radius 1 is 1.32 bits per heavy atom. The molecule has 1 amide bonds. The summed E-state index contributed by atoms with van der Waals surface area (Å²) in [7, 11) is 0. The molecule has 0 aliphatic carbocycles. The average Bonchev–Trinajstić information content (AvgIpc) is 2.86. The number of nitrogens with one attached hydrogen (secondary N) is 2. The van der Waals surface area contributed by atoms with Crippen molar-refractivity contribution in [1.29, 1.82) is 0 Å². The summed E-state index contributed by atoms with van der Waals surface area (Å²) < 4.78 is 5.36. The van der Waals surface area contributed by atoms with E-state index in [1.54, 1.807) is 0 Å². The molecule has 0 atom stereocenters. The number of aromatic amines is 1. The van der Waals surface area contributed by atoms with Crippen LogP contribution in [0.2, 0.25) is 0 Å². The SMILES string of the molecule is CCCOCCCNC(=O)c1cc2ccccc2[nH]1. The van der Waals surface area contributed by atoms with Gasteiger partial charge in [-0.2, -0.15) is 0 Å². The number of rotatable bonds is 7. The van der Waals surface area contributed by atoms with Crippen LogP contribution < -0.4 is 5.32 Å². The minimum absolute atomic E-state index is 0.0632. The summed E-state index contributed by atoms with van der Waals surface area (Å²) in [4.78, 5) is 15.0. The van der Waals surface area contributed by atoms with E-state index in [1.165, 1.54) is 0 Å². The van der Waals surface area contributed by atoms with Crippen molar-refractivity contribution >= 4 is 16.8 Å². The monoisotopic (exact) mass is 260 g/mol. The van der Waals surface area contributed by atoms with Gasteiger partial charge in [-0.1, -0.05) is 25.1 Å². The fraction of sp³-hybridized carbons (Fsp3) is 0.400. The summed E-state index contributed by atoms with van der Waals surface area (Å²) in [5, 5.41) is 3.94. The second-order valence-electron chi connectivity index (χ2n) is 4.49. The molecule has 0 bridgehead atoms. The maximum atomic E-state index is 11.9. The van der Waals surface area contributed by atoms with Crippen LogP contribution in [-0.4, -0.2) is 30.6 Å². The third kappa shape index (κ3) is 3.83. The normalized spacial score (nSPS) is 10.8. The summed E-state index contributed by atoms with van der Waals surface area (Å²) in [6.45, 7) is 4.20. The van der Waals surface area contributed by atoms with Crippen molar-refractivity contribution in [3.8, 4) is 0 Å². The Bertz CT molecular complexity index is 501. The van der Waals surface area contributed by atoms with Crippen LogP contribution in [0.5, 0.6) is 0 Å². The van der Waals surface area contributed by atoms with Crippen molar-refractivity contribution in [2.45, 2.75) is 19.8 Å². The van der Waals surface area contributed by atoms with Gasteiger partial charge in [0.1, 0.15) is 5.69 Å². The van der Waals surface area contributed by atoms with Gasteiger partial charge in [-0.15, -0.1) is 0 Å². The van der Waals surface area contributed by atoms with Crippen LogP contribution in [0.1, 0.15) is 30.3 Å².